The SMILES string of the molecule is O=C(CSc1n[nH]c(-c2ccccc2F)n1)NC(=O)NCc1ccco1. The predicted molar refractivity (Wildman–Crippen MR) is 91.6 cm³/mol. The number of urea groups is 1. The third-order valence-corrected chi connectivity index (χ3v) is 4.03. The lowest BCUT2D eigenvalue weighted by Crippen LogP contribution is -2.39. The summed E-state index contributed by atoms with van der Waals surface area (Å²) in [5, 5.41) is 11.5. The highest BCUT2D eigenvalue weighted by Crippen LogP contribution is 2.21. The van der Waals surface area contributed by atoms with Crippen molar-refractivity contribution in [2.45, 2.75) is 11.7 Å². The highest BCUT2D eigenvalue weighted by molar-refractivity contribution is 7.99. The number of halogens is 1. The van der Waals surface area contributed by atoms with E-state index in [1.54, 1.807) is 30.3 Å². The summed E-state index contributed by atoms with van der Waals surface area (Å²) in [7, 11) is 0. The van der Waals surface area contributed by atoms with Crippen molar-refractivity contribution >= 4 is 23.7 Å². The molecule has 3 amide bonds. The summed E-state index contributed by atoms with van der Waals surface area (Å²) in [6.07, 6.45) is 1.49. The van der Waals surface area contributed by atoms with Gasteiger partial charge in [-0.2, -0.15) is 0 Å². The van der Waals surface area contributed by atoms with Crippen LogP contribution in [0.1, 0.15) is 5.76 Å². The number of aromatic amines is 1. The molecule has 0 radical (unpaired) electrons. The highest BCUT2D eigenvalue weighted by Gasteiger charge is 2.13. The van der Waals surface area contributed by atoms with Gasteiger partial charge in [-0.05, 0) is 24.3 Å². The van der Waals surface area contributed by atoms with Crippen LogP contribution < -0.4 is 10.6 Å². The Morgan fingerprint density at radius 3 is 2.85 bits per heavy atom. The maximum atomic E-state index is 13.7. The van der Waals surface area contributed by atoms with Crippen LogP contribution in [0, 0.1) is 5.82 Å². The van der Waals surface area contributed by atoms with Crippen molar-refractivity contribution in [3.05, 3.63) is 54.2 Å². The summed E-state index contributed by atoms with van der Waals surface area (Å²) < 4.78 is 18.8. The summed E-state index contributed by atoms with van der Waals surface area (Å²) in [5.74, 6) is -0.163. The van der Waals surface area contributed by atoms with E-state index in [1.165, 1.54) is 12.3 Å². The predicted octanol–water partition coefficient (Wildman–Crippen LogP) is 2.32. The van der Waals surface area contributed by atoms with Gasteiger partial charge in [0, 0.05) is 0 Å². The van der Waals surface area contributed by atoms with Crippen LogP contribution in [0.2, 0.25) is 0 Å². The number of nitrogens with zero attached hydrogens (tertiary/aromatic N) is 2. The molecule has 0 unspecified atom stereocenters. The molecule has 0 aliphatic carbocycles. The molecule has 0 bridgehead atoms. The number of hydrogen-bond acceptors (Lipinski definition) is 6. The molecule has 0 aliphatic rings. The first-order chi connectivity index (χ1) is 12.6. The molecule has 0 saturated heterocycles. The van der Waals surface area contributed by atoms with Crippen molar-refractivity contribution in [2.75, 3.05) is 5.75 Å². The molecule has 0 atom stereocenters. The van der Waals surface area contributed by atoms with Crippen LogP contribution in [0.25, 0.3) is 11.4 Å². The van der Waals surface area contributed by atoms with Crippen LogP contribution in [0.4, 0.5) is 9.18 Å². The Morgan fingerprint density at radius 1 is 1.23 bits per heavy atom. The van der Waals surface area contributed by atoms with Gasteiger partial charge in [0.15, 0.2) is 5.82 Å². The molecule has 8 nitrogen and oxygen atoms in total. The molecule has 0 fully saturated rings. The Bertz CT molecular complexity index is 897. The standard InChI is InChI=1S/C16H14FN5O3S/c17-12-6-2-1-5-11(12)14-20-16(22-21-14)26-9-13(23)19-15(24)18-8-10-4-3-7-25-10/h1-7H,8-9H2,(H,20,21,22)(H2,18,19,23,24). The van der Waals surface area contributed by atoms with Crippen LogP contribution in [0.5, 0.6) is 0 Å². The van der Waals surface area contributed by atoms with E-state index in [0.29, 0.717) is 5.76 Å². The van der Waals surface area contributed by atoms with Gasteiger partial charge in [-0.3, -0.25) is 15.2 Å². The molecule has 2 aromatic heterocycles. The first-order valence-corrected chi connectivity index (χ1v) is 8.50. The van der Waals surface area contributed by atoms with E-state index in [1.807, 2.05) is 0 Å². The second-order valence-corrected chi connectivity index (χ2v) is 5.99. The lowest BCUT2D eigenvalue weighted by atomic mass is 10.2. The molecule has 2 heterocycles. The zero-order chi connectivity index (χ0) is 18.4. The molecule has 3 aromatic rings. The number of benzene rings is 1. The number of nitrogens with one attached hydrogen (secondary N) is 3. The van der Waals surface area contributed by atoms with Crippen molar-refractivity contribution in [1.29, 1.82) is 0 Å². The first-order valence-electron chi connectivity index (χ1n) is 7.52. The second-order valence-electron chi connectivity index (χ2n) is 5.05. The minimum absolute atomic E-state index is 0.0667. The van der Waals surface area contributed by atoms with Crippen molar-refractivity contribution in [3.63, 3.8) is 0 Å². The second kappa shape index (κ2) is 8.30. The molecule has 3 N–H and O–H groups in total. The average Bonchev–Trinajstić information content (AvgIpc) is 3.30. The topological polar surface area (TPSA) is 113 Å². The molecule has 10 heteroatoms. The van der Waals surface area contributed by atoms with E-state index < -0.39 is 17.8 Å². The Kier molecular flexibility index (Phi) is 5.64. The molecule has 26 heavy (non-hydrogen) atoms. The summed E-state index contributed by atoms with van der Waals surface area (Å²) in [4.78, 5) is 27.5. The van der Waals surface area contributed by atoms with Gasteiger partial charge in [-0.1, -0.05) is 23.9 Å². The number of carbonyl (C=O) groups is 2. The fourth-order valence-corrected chi connectivity index (χ4v) is 2.60. The third-order valence-electron chi connectivity index (χ3n) is 3.18. The summed E-state index contributed by atoms with van der Waals surface area (Å²) in [6, 6.07) is 8.92. The number of H-pyrrole nitrogens is 1. The van der Waals surface area contributed by atoms with Crippen LogP contribution >= 0.6 is 11.8 Å². The number of imide groups is 1. The quantitative estimate of drug-likeness (QED) is 0.570. The van der Waals surface area contributed by atoms with Crippen LogP contribution in [-0.2, 0) is 11.3 Å². The van der Waals surface area contributed by atoms with Crippen molar-refractivity contribution in [2.24, 2.45) is 0 Å². The van der Waals surface area contributed by atoms with E-state index in [4.69, 9.17) is 4.42 Å². The van der Waals surface area contributed by atoms with E-state index >= 15 is 0 Å². The molecule has 0 spiro atoms. The fourth-order valence-electron chi connectivity index (χ4n) is 2.00. The molecule has 134 valence electrons. The van der Waals surface area contributed by atoms with E-state index in [-0.39, 0.29) is 28.8 Å². The van der Waals surface area contributed by atoms with E-state index in [0.717, 1.165) is 11.8 Å². The summed E-state index contributed by atoms with van der Waals surface area (Å²) in [6.45, 7) is 0.173. The number of hydrogen-bond donors (Lipinski definition) is 3. The lowest BCUT2D eigenvalue weighted by Gasteiger charge is -2.04. The summed E-state index contributed by atoms with van der Waals surface area (Å²) in [5.41, 5.74) is 0.286. The summed E-state index contributed by atoms with van der Waals surface area (Å²) >= 11 is 1.02. The molecule has 0 aliphatic heterocycles. The van der Waals surface area contributed by atoms with Gasteiger partial charge in [-0.25, -0.2) is 14.2 Å². The number of aromatic nitrogens is 3. The Labute approximate surface area is 151 Å². The maximum absolute atomic E-state index is 13.7. The molecule has 1 aromatic carbocycles. The van der Waals surface area contributed by atoms with Crippen LogP contribution in [0.15, 0.2) is 52.2 Å². The largest absolute Gasteiger partial charge is 0.467 e. The number of carbonyl (C=O) groups excluding carboxylic acids is 2. The average molecular weight is 375 g/mol. The van der Waals surface area contributed by atoms with E-state index in [2.05, 4.69) is 25.8 Å². The molecule has 0 saturated carbocycles. The normalized spacial score (nSPS) is 10.5. The fraction of sp³-hybridized carbons (Fsp3) is 0.125. The van der Waals surface area contributed by atoms with Crippen LogP contribution in [-0.4, -0.2) is 32.9 Å². The number of thioether (sulfide) groups is 1. The Hall–Kier alpha value is -3.14. The molecule has 3 rings (SSSR count). The first kappa shape index (κ1) is 17.7. The number of furan rings is 1. The van der Waals surface area contributed by atoms with Crippen molar-refractivity contribution in [1.82, 2.24) is 25.8 Å². The van der Waals surface area contributed by atoms with Crippen LogP contribution in [0.3, 0.4) is 0 Å². The zero-order valence-corrected chi connectivity index (χ0v) is 14.2. The number of amides is 3. The van der Waals surface area contributed by atoms with E-state index in [9.17, 15) is 14.0 Å². The Balaban J connectivity index is 1.46. The zero-order valence-electron chi connectivity index (χ0n) is 13.4. The van der Waals surface area contributed by atoms with Gasteiger partial charge in [-0.15, -0.1) is 5.10 Å². The van der Waals surface area contributed by atoms with Gasteiger partial charge in [0.2, 0.25) is 11.1 Å². The minimum Gasteiger partial charge on any atom is -0.467 e. The Morgan fingerprint density at radius 2 is 2.08 bits per heavy atom. The smallest absolute Gasteiger partial charge is 0.321 e. The third kappa shape index (κ3) is 4.70. The van der Waals surface area contributed by atoms with Gasteiger partial charge in [0.1, 0.15) is 11.6 Å². The van der Waals surface area contributed by atoms with Gasteiger partial charge in [0.05, 0.1) is 24.1 Å². The van der Waals surface area contributed by atoms with Gasteiger partial charge >= 0.3 is 6.03 Å². The highest BCUT2D eigenvalue weighted by atomic mass is 32.2. The van der Waals surface area contributed by atoms with Gasteiger partial charge in [0.25, 0.3) is 0 Å². The van der Waals surface area contributed by atoms with Crippen molar-refractivity contribution < 1.29 is 18.4 Å². The van der Waals surface area contributed by atoms with Gasteiger partial charge < -0.3 is 9.73 Å². The number of rotatable bonds is 6. The maximum Gasteiger partial charge on any atom is 0.321 e. The monoisotopic (exact) mass is 375 g/mol. The minimum atomic E-state index is -0.631. The molecular weight excluding hydrogens is 361 g/mol. The lowest BCUT2D eigenvalue weighted by molar-refractivity contribution is -0.117. The molecular formula is C16H14FN5O3S. The van der Waals surface area contributed by atoms with Crippen molar-refractivity contribution in [3.8, 4) is 11.4 Å².